The summed E-state index contributed by atoms with van der Waals surface area (Å²) in [7, 11) is 0.347. The van der Waals surface area contributed by atoms with E-state index in [9.17, 15) is 4.21 Å². The van der Waals surface area contributed by atoms with Gasteiger partial charge in [-0.2, -0.15) is 0 Å². The first-order chi connectivity index (χ1) is 10.6. The molecule has 116 valence electrons. The number of ether oxygens (including phenoxy) is 1. The van der Waals surface area contributed by atoms with Gasteiger partial charge in [0.15, 0.2) is 0 Å². The predicted octanol–water partition coefficient (Wildman–Crippen LogP) is 4.76. The van der Waals surface area contributed by atoms with E-state index in [4.69, 9.17) is 16.3 Å². The van der Waals surface area contributed by atoms with Crippen molar-refractivity contribution in [1.82, 2.24) is 0 Å². The zero-order valence-electron chi connectivity index (χ0n) is 12.7. The molecule has 0 aliphatic rings. The van der Waals surface area contributed by atoms with Crippen LogP contribution in [0.4, 0.5) is 0 Å². The van der Waals surface area contributed by atoms with Crippen LogP contribution in [0.1, 0.15) is 12.5 Å². The van der Waals surface area contributed by atoms with Crippen LogP contribution in [0.3, 0.4) is 0 Å². The van der Waals surface area contributed by atoms with E-state index < -0.39 is 10.8 Å². The summed E-state index contributed by atoms with van der Waals surface area (Å²) >= 11 is 6.22. The number of halogens is 1. The maximum Gasteiger partial charge on any atom is 0.118 e. The third kappa shape index (κ3) is 4.72. The van der Waals surface area contributed by atoms with Gasteiger partial charge in [-0.15, -0.1) is 0 Å². The molecule has 0 aromatic heterocycles. The van der Waals surface area contributed by atoms with Gasteiger partial charge in [-0.05, 0) is 42.2 Å². The summed E-state index contributed by atoms with van der Waals surface area (Å²) in [5.74, 6) is 1.05. The van der Waals surface area contributed by atoms with Crippen molar-refractivity contribution in [3.63, 3.8) is 0 Å². The molecule has 0 amide bonds. The summed E-state index contributed by atoms with van der Waals surface area (Å²) in [5.41, 5.74) is 1.19. The molecule has 2 aromatic rings. The van der Waals surface area contributed by atoms with E-state index >= 15 is 0 Å². The molecule has 4 heteroatoms. The van der Waals surface area contributed by atoms with Crippen molar-refractivity contribution >= 4 is 22.4 Å². The van der Waals surface area contributed by atoms with Crippen LogP contribution < -0.4 is 4.74 Å². The molecule has 22 heavy (non-hydrogen) atoms. The molecule has 0 radical (unpaired) electrons. The van der Waals surface area contributed by atoms with Crippen molar-refractivity contribution in [3.8, 4) is 5.75 Å². The Morgan fingerprint density at radius 3 is 2.41 bits per heavy atom. The van der Waals surface area contributed by atoms with Crippen LogP contribution in [-0.4, -0.2) is 11.3 Å². The predicted molar refractivity (Wildman–Crippen MR) is 92.6 cm³/mol. The van der Waals surface area contributed by atoms with Gasteiger partial charge in [0.2, 0.25) is 0 Å². The van der Waals surface area contributed by atoms with Crippen molar-refractivity contribution in [3.05, 3.63) is 70.6 Å². The lowest BCUT2D eigenvalue weighted by atomic mass is 10.0. The van der Waals surface area contributed by atoms with Gasteiger partial charge in [-0.25, -0.2) is 4.21 Å². The van der Waals surface area contributed by atoms with Gasteiger partial charge < -0.3 is 4.74 Å². The summed E-state index contributed by atoms with van der Waals surface area (Å²) in [5, 5.41) is 0. The average molecular weight is 335 g/mol. The molecular formula is C18H19ClO2S. The average Bonchev–Trinajstić information content (AvgIpc) is 2.55. The minimum atomic E-state index is -1.31. The molecule has 2 nitrogen and oxygen atoms in total. The summed E-state index contributed by atoms with van der Waals surface area (Å²) in [6.07, 6.45) is 2.71. The van der Waals surface area contributed by atoms with E-state index in [2.05, 4.69) is 6.92 Å². The van der Waals surface area contributed by atoms with Crippen LogP contribution >= 0.6 is 11.6 Å². The lowest BCUT2D eigenvalue weighted by Gasteiger charge is -2.09. The number of hydrogen-bond donors (Lipinski definition) is 0. The molecule has 0 saturated heterocycles. The molecule has 0 N–H and O–H groups in total. The first-order valence-corrected chi connectivity index (χ1v) is 8.60. The molecule has 2 unspecified atom stereocenters. The van der Waals surface area contributed by atoms with Crippen LogP contribution in [0.25, 0.3) is 0 Å². The van der Waals surface area contributed by atoms with Crippen molar-refractivity contribution in [2.75, 3.05) is 7.11 Å². The number of hydrogen-bond acceptors (Lipinski definition) is 2. The zero-order valence-corrected chi connectivity index (χ0v) is 14.2. The maximum absolute atomic E-state index is 12.3. The quantitative estimate of drug-likeness (QED) is 0.761. The van der Waals surface area contributed by atoms with Gasteiger partial charge in [-0.3, -0.25) is 0 Å². The van der Waals surface area contributed by atoms with E-state index in [0.717, 1.165) is 17.1 Å². The van der Waals surface area contributed by atoms with Crippen molar-refractivity contribution in [2.24, 2.45) is 5.92 Å². The summed E-state index contributed by atoms with van der Waals surface area (Å²) < 4.78 is 17.8. The van der Waals surface area contributed by atoms with E-state index in [1.165, 1.54) is 5.56 Å². The van der Waals surface area contributed by atoms with E-state index in [-0.39, 0.29) is 5.92 Å². The van der Waals surface area contributed by atoms with Gasteiger partial charge in [-0.1, -0.05) is 54.9 Å². The third-order valence-corrected chi connectivity index (χ3v) is 5.00. The van der Waals surface area contributed by atoms with Gasteiger partial charge in [0.1, 0.15) is 10.1 Å². The number of rotatable bonds is 6. The van der Waals surface area contributed by atoms with Crippen molar-refractivity contribution in [1.29, 1.82) is 0 Å². The Bertz CT molecular complexity index is 651. The Labute approximate surface area is 139 Å². The summed E-state index contributed by atoms with van der Waals surface area (Å²) in [6, 6.07) is 17.2. The molecular weight excluding hydrogens is 316 g/mol. The number of methoxy groups -OCH3 is 1. The largest absolute Gasteiger partial charge is 0.497 e. The standard InChI is InChI=1S/C18H19ClO2S/c1-14(12-15-8-10-16(21-2)11-9-15)13-18(19)22(20)17-6-4-3-5-7-17/h3-11,13-14H,12H2,1-2H3/b18-13-. The summed E-state index contributed by atoms with van der Waals surface area (Å²) in [6.45, 7) is 2.06. The van der Waals surface area contributed by atoms with Crippen molar-refractivity contribution < 1.29 is 8.95 Å². The molecule has 0 aliphatic heterocycles. The van der Waals surface area contributed by atoms with Crippen LogP contribution in [-0.2, 0) is 17.2 Å². The topological polar surface area (TPSA) is 26.3 Å². The van der Waals surface area contributed by atoms with Gasteiger partial charge in [0.05, 0.1) is 17.9 Å². The molecule has 2 aromatic carbocycles. The summed E-state index contributed by atoms with van der Waals surface area (Å²) in [4.78, 5) is 0.723. The monoisotopic (exact) mass is 334 g/mol. The fourth-order valence-electron chi connectivity index (χ4n) is 2.13. The van der Waals surface area contributed by atoms with E-state index in [0.29, 0.717) is 4.36 Å². The second kappa shape index (κ2) is 8.16. The van der Waals surface area contributed by atoms with Crippen LogP contribution in [0, 0.1) is 5.92 Å². The van der Waals surface area contributed by atoms with Crippen LogP contribution in [0.5, 0.6) is 5.75 Å². The maximum atomic E-state index is 12.3. The Hall–Kier alpha value is -1.58. The first-order valence-electron chi connectivity index (χ1n) is 7.07. The minimum Gasteiger partial charge on any atom is -0.497 e. The fourth-order valence-corrected chi connectivity index (χ4v) is 3.60. The van der Waals surface area contributed by atoms with E-state index in [1.54, 1.807) is 7.11 Å². The van der Waals surface area contributed by atoms with Crippen LogP contribution in [0.15, 0.2) is 69.9 Å². The second-order valence-corrected chi connectivity index (χ2v) is 7.16. The Morgan fingerprint density at radius 1 is 1.18 bits per heavy atom. The number of allylic oxidation sites excluding steroid dienone is 1. The normalized spacial score (nSPS) is 14.4. The molecule has 0 aliphatic carbocycles. The minimum absolute atomic E-state index is 0.202. The lowest BCUT2D eigenvalue weighted by Crippen LogP contribution is -1.99. The van der Waals surface area contributed by atoms with Crippen LogP contribution in [0.2, 0.25) is 0 Å². The molecule has 0 bridgehead atoms. The Kier molecular flexibility index (Phi) is 6.22. The highest BCUT2D eigenvalue weighted by atomic mass is 35.5. The van der Waals surface area contributed by atoms with Gasteiger partial charge >= 0.3 is 0 Å². The second-order valence-electron chi connectivity index (χ2n) is 5.08. The van der Waals surface area contributed by atoms with Gasteiger partial charge in [0, 0.05) is 4.90 Å². The molecule has 0 heterocycles. The lowest BCUT2D eigenvalue weighted by molar-refractivity contribution is 0.414. The molecule has 0 spiro atoms. The Balaban J connectivity index is 2.02. The highest BCUT2D eigenvalue weighted by molar-refractivity contribution is 7.90. The highest BCUT2D eigenvalue weighted by Crippen LogP contribution is 2.21. The Morgan fingerprint density at radius 2 is 1.82 bits per heavy atom. The first kappa shape index (κ1) is 16.8. The van der Waals surface area contributed by atoms with Crippen molar-refractivity contribution in [2.45, 2.75) is 18.2 Å². The van der Waals surface area contributed by atoms with E-state index in [1.807, 2.05) is 60.7 Å². The molecule has 0 saturated carbocycles. The SMILES string of the molecule is COc1ccc(CC(C)/C=C(/Cl)S(=O)c2ccccc2)cc1. The fraction of sp³-hybridized carbons (Fsp3) is 0.222. The molecule has 2 rings (SSSR count). The molecule has 2 atom stereocenters. The zero-order chi connectivity index (χ0) is 15.9. The number of benzene rings is 2. The smallest absolute Gasteiger partial charge is 0.118 e. The molecule has 0 fully saturated rings. The highest BCUT2D eigenvalue weighted by Gasteiger charge is 2.10. The third-order valence-electron chi connectivity index (χ3n) is 3.27. The van der Waals surface area contributed by atoms with Gasteiger partial charge in [0.25, 0.3) is 0 Å².